The molecule has 1 atom stereocenters. The molecule has 0 aromatic heterocycles. The van der Waals surface area contributed by atoms with Gasteiger partial charge in [0.05, 0.1) is 11.6 Å². The Hall–Kier alpha value is -2.08. The Morgan fingerprint density at radius 3 is 2.93 bits per heavy atom. The van der Waals surface area contributed by atoms with Crippen LogP contribution in [0.1, 0.15) is 18.1 Å². The van der Waals surface area contributed by atoms with E-state index in [9.17, 15) is 4.39 Å². The van der Waals surface area contributed by atoms with Crippen molar-refractivity contribution >= 4 is 28.9 Å². The number of hydrogen-bond donors (Lipinski definition) is 1. The molecule has 0 amide bonds. The normalized spacial score (nSPS) is 22.1. The first kappa shape index (κ1) is 18.3. The summed E-state index contributed by atoms with van der Waals surface area (Å²) in [6, 6.07) is 11.4. The van der Waals surface area contributed by atoms with Gasteiger partial charge >= 0.3 is 0 Å². The second kappa shape index (κ2) is 7.89. The second-order valence-electron chi connectivity index (χ2n) is 6.93. The minimum absolute atomic E-state index is 0.107. The Kier molecular flexibility index (Phi) is 5.34. The van der Waals surface area contributed by atoms with Crippen molar-refractivity contribution in [1.82, 2.24) is 5.32 Å². The molecule has 1 N–H and O–H groups in total. The summed E-state index contributed by atoms with van der Waals surface area (Å²) in [4.78, 5) is 2.36. The molecule has 4 nitrogen and oxygen atoms in total. The minimum atomic E-state index is -0.425. The molecule has 2 aromatic carbocycles. The first-order chi connectivity index (χ1) is 13.1. The van der Waals surface area contributed by atoms with Gasteiger partial charge in [0.2, 0.25) is 0 Å². The number of rotatable bonds is 2. The first-order valence-corrected chi connectivity index (χ1v) is 9.47. The number of anilines is 1. The van der Waals surface area contributed by atoms with E-state index < -0.39 is 5.82 Å². The summed E-state index contributed by atoms with van der Waals surface area (Å²) >= 11 is 5.95. The number of piperazine rings is 1. The maximum atomic E-state index is 13.5. The molecular weight excluding hydrogens is 367 g/mol. The number of fused-ring (bicyclic) bond motifs is 1. The van der Waals surface area contributed by atoms with E-state index in [1.165, 1.54) is 6.07 Å². The summed E-state index contributed by atoms with van der Waals surface area (Å²) in [6.07, 6.45) is 2.02. The molecule has 0 aliphatic carbocycles. The highest BCUT2D eigenvalue weighted by atomic mass is 35.5. The first-order valence-electron chi connectivity index (χ1n) is 9.09. The van der Waals surface area contributed by atoms with Gasteiger partial charge in [-0.25, -0.2) is 4.39 Å². The summed E-state index contributed by atoms with van der Waals surface area (Å²) in [5.74, 6) is 0.357. The average Bonchev–Trinajstić information content (AvgIpc) is 2.64. The van der Waals surface area contributed by atoms with Crippen molar-refractivity contribution in [2.45, 2.75) is 13.0 Å². The maximum Gasteiger partial charge on any atom is 0.189 e. The Morgan fingerprint density at radius 2 is 2.11 bits per heavy atom. The minimum Gasteiger partial charge on any atom is -0.467 e. The molecule has 142 valence electrons. The van der Waals surface area contributed by atoms with Crippen LogP contribution in [0.15, 0.2) is 36.4 Å². The van der Waals surface area contributed by atoms with E-state index in [0.29, 0.717) is 12.6 Å². The zero-order valence-corrected chi connectivity index (χ0v) is 15.9. The lowest BCUT2D eigenvalue weighted by Crippen LogP contribution is -2.49. The molecule has 4 rings (SSSR count). The van der Waals surface area contributed by atoms with Crippen molar-refractivity contribution < 1.29 is 13.9 Å². The van der Waals surface area contributed by atoms with Crippen LogP contribution in [0.3, 0.4) is 0 Å². The highest BCUT2D eigenvalue weighted by molar-refractivity contribution is 6.30. The molecule has 2 aliphatic heterocycles. The van der Waals surface area contributed by atoms with Crippen LogP contribution in [-0.2, 0) is 4.74 Å². The molecule has 0 radical (unpaired) electrons. The van der Waals surface area contributed by atoms with Gasteiger partial charge in [-0.3, -0.25) is 0 Å². The molecule has 27 heavy (non-hydrogen) atoms. The van der Waals surface area contributed by atoms with E-state index in [2.05, 4.69) is 35.3 Å². The van der Waals surface area contributed by atoms with E-state index in [4.69, 9.17) is 21.1 Å². The van der Waals surface area contributed by atoms with Crippen LogP contribution in [0.2, 0.25) is 5.02 Å². The van der Waals surface area contributed by atoms with Gasteiger partial charge in [-0.15, -0.1) is 0 Å². The van der Waals surface area contributed by atoms with Crippen molar-refractivity contribution in [2.75, 3.05) is 37.9 Å². The predicted molar refractivity (Wildman–Crippen MR) is 107 cm³/mol. The van der Waals surface area contributed by atoms with Gasteiger partial charge in [-0.05, 0) is 48.4 Å². The van der Waals surface area contributed by atoms with E-state index in [1.807, 2.05) is 6.08 Å². The number of benzene rings is 2. The summed E-state index contributed by atoms with van der Waals surface area (Å²) in [5.41, 5.74) is 3.89. The monoisotopic (exact) mass is 388 g/mol. The van der Waals surface area contributed by atoms with Crippen LogP contribution in [0, 0.1) is 5.82 Å². The van der Waals surface area contributed by atoms with Gasteiger partial charge in [0.15, 0.2) is 6.79 Å². The van der Waals surface area contributed by atoms with Crippen LogP contribution in [-0.4, -0.2) is 39.1 Å². The molecule has 2 aromatic rings. The van der Waals surface area contributed by atoms with E-state index in [0.717, 1.165) is 47.8 Å². The highest BCUT2D eigenvalue weighted by Gasteiger charge is 2.18. The average molecular weight is 389 g/mol. The summed E-state index contributed by atoms with van der Waals surface area (Å²) in [5, 5.41) is 3.56. The zero-order valence-electron chi connectivity index (χ0n) is 15.2. The van der Waals surface area contributed by atoms with Crippen LogP contribution in [0.5, 0.6) is 5.75 Å². The number of ether oxygens (including phenoxy) is 2. The van der Waals surface area contributed by atoms with Crippen molar-refractivity contribution in [1.29, 1.82) is 0 Å². The molecule has 0 spiro atoms. The van der Waals surface area contributed by atoms with Gasteiger partial charge in [-0.2, -0.15) is 0 Å². The molecule has 0 bridgehead atoms. The Morgan fingerprint density at radius 1 is 1.22 bits per heavy atom. The molecule has 0 saturated carbocycles. The predicted octanol–water partition coefficient (Wildman–Crippen LogP) is 4.18. The fourth-order valence-electron chi connectivity index (χ4n) is 3.48. The molecule has 2 aliphatic rings. The Labute approximate surface area is 163 Å². The van der Waals surface area contributed by atoms with Crippen LogP contribution >= 0.6 is 11.6 Å². The van der Waals surface area contributed by atoms with Gasteiger partial charge in [0, 0.05) is 43.0 Å². The van der Waals surface area contributed by atoms with Crippen molar-refractivity contribution in [3.63, 3.8) is 0 Å². The number of hydrogen-bond acceptors (Lipinski definition) is 4. The topological polar surface area (TPSA) is 33.7 Å². The van der Waals surface area contributed by atoms with Crippen LogP contribution in [0.4, 0.5) is 10.1 Å². The number of nitrogens with one attached hydrogen (secondary N) is 1. The fourth-order valence-corrected chi connectivity index (χ4v) is 3.66. The lowest BCUT2D eigenvalue weighted by atomic mass is 10.0. The number of halogens is 2. The summed E-state index contributed by atoms with van der Waals surface area (Å²) in [7, 11) is 0. The standard InChI is InChI=1S/C21H22ClFN2O2/c1-14-11-25(7-6-24-14)18-4-2-16-8-17(12-26-13-27-21(16)10-18)15-3-5-20(23)19(22)9-15/h2-5,8-10,14,24H,6-7,11-13H2,1H3/b17-8+/t14-/m0/s1. The molecule has 6 heteroatoms. The van der Waals surface area contributed by atoms with Crippen molar-refractivity contribution in [3.05, 3.63) is 58.4 Å². The Balaban J connectivity index is 1.67. The SMILES string of the molecule is C[C@H]1CN(c2ccc3c(c2)OCOC/C(c2ccc(F)c(Cl)c2)=C\3)CCN1. The lowest BCUT2D eigenvalue weighted by molar-refractivity contribution is 0.0325. The van der Waals surface area contributed by atoms with Crippen molar-refractivity contribution in [2.24, 2.45) is 0 Å². The number of nitrogens with zero attached hydrogens (tertiary/aromatic N) is 1. The molecule has 1 fully saturated rings. The largest absolute Gasteiger partial charge is 0.467 e. The van der Waals surface area contributed by atoms with E-state index in [-0.39, 0.29) is 11.8 Å². The molecular formula is C21H22ClFN2O2. The third kappa shape index (κ3) is 4.10. The van der Waals surface area contributed by atoms with Gasteiger partial charge in [0.25, 0.3) is 0 Å². The van der Waals surface area contributed by atoms with Gasteiger partial charge < -0.3 is 19.7 Å². The third-order valence-electron chi connectivity index (χ3n) is 4.91. The molecule has 0 unspecified atom stereocenters. The molecule has 2 heterocycles. The van der Waals surface area contributed by atoms with Gasteiger partial charge in [-0.1, -0.05) is 17.7 Å². The lowest BCUT2D eigenvalue weighted by Gasteiger charge is -2.34. The quantitative estimate of drug-likeness (QED) is 0.836. The van der Waals surface area contributed by atoms with Crippen LogP contribution in [0.25, 0.3) is 11.6 Å². The zero-order chi connectivity index (χ0) is 18.8. The fraction of sp³-hybridized carbons (Fsp3) is 0.333. The second-order valence-corrected chi connectivity index (χ2v) is 7.34. The third-order valence-corrected chi connectivity index (χ3v) is 5.20. The smallest absolute Gasteiger partial charge is 0.189 e. The van der Waals surface area contributed by atoms with E-state index in [1.54, 1.807) is 12.1 Å². The summed E-state index contributed by atoms with van der Waals surface area (Å²) in [6.45, 7) is 5.63. The van der Waals surface area contributed by atoms with E-state index >= 15 is 0 Å². The maximum absolute atomic E-state index is 13.5. The van der Waals surface area contributed by atoms with Gasteiger partial charge in [0.1, 0.15) is 11.6 Å². The highest BCUT2D eigenvalue weighted by Crippen LogP contribution is 2.32. The Bertz CT molecular complexity index is 871. The van der Waals surface area contributed by atoms with Crippen molar-refractivity contribution in [3.8, 4) is 5.75 Å². The molecule has 1 saturated heterocycles. The summed E-state index contributed by atoms with van der Waals surface area (Å²) < 4.78 is 24.9. The van der Waals surface area contributed by atoms with Crippen LogP contribution < -0.4 is 15.0 Å².